The first-order valence-corrected chi connectivity index (χ1v) is 12.4. The molecule has 6 aromatic rings. The van der Waals surface area contributed by atoms with E-state index >= 15 is 0 Å². The van der Waals surface area contributed by atoms with Crippen molar-refractivity contribution in [2.24, 2.45) is 4.99 Å². The van der Waals surface area contributed by atoms with Gasteiger partial charge in [-0.05, 0) is 34.4 Å². The topological polar surface area (TPSA) is 62.5 Å². The maximum absolute atomic E-state index is 6.12. The normalized spacial score (nSPS) is 17.5. The van der Waals surface area contributed by atoms with Crippen molar-refractivity contribution in [3.8, 4) is 11.1 Å². The summed E-state index contributed by atoms with van der Waals surface area (Å²) in [6.07, 6.45) is 3.28. The largest absolute Gasteiger partial charge is 0.456 e. The fourth-order valence-electron chi connectivity index (χ4n) is 5.04. The van der Waals surface area contributed by atoms with Gasteiger partial charge in [-0.1, -0.05) is 97.1 Å². The van der Waals surface area contributed by atoms with Crippen LogP contribution in [0.3, 0.4) is 0 Å². The maximum Gasteiger partial charge on any atom is 0.138 e. The second-order valence-corrected chi connectivity index (χ2v) is 9.18. The van der Waals surface area contributed by atoms with Gasteiger partial charge in [-0.15, -0.1) is 0 Å². The van der Waals surface area contributed by atoms with Crippen molar-refractivity contribution in [3.05, 3.63) is 138 Å². The summed E-state index contributed by atoms with van der Waals surface area (Å²) < 4.78 is 6.12. The Morgan fingerprint density at radius 3 is 2.22 bits per heavy atom. The molecule has 2 N–H and O–H groups in total. The van der Waals surface area contributed by atoms with Crippen molar-refractivity contribution >= 4 is 27.8 Å². The molecule has 2 unspecified atom stereocenters. The minimum atomic E-state index is -0.206. The summed E-state index contributed by atoms with van der Waals surface area (Å²) in [6.45, 7) is 0. The lowest BCUT2D eigenvalue weighted by Gasteiger charge is -2.32. The summed E-state index contributed by atoms with van der Waals surface area (Å²) in [4.78, 5) is 9.48. The Bertz CT molecular complexity index is 1720. The first-order valence-electron chi connectivity index (χ1n) is 12.4. The van der Waals surface area contributed by atoms with E-state index in [1.807, 2.05) is 48.7 Å². The number of nitrogens with zero attached hydrogens (tertiary/aromatic N) is 2. The van der Waals surface area contributed by atoms with Gasteiger partial charge in [-0.25, -0.2) is 4.99 Å². The average molecular weight is 481 g/mol. The number of nitrogens with one attached hydrogen (secondary N) is 2. The molecule has 37 heavy (non-hydrogen) atoms. The Balaban J connectivity index is 1.32. The van der Waals surface area contributed by atoms with Gasteiger partial charge in [0.05, 0.1) is 0 Å². The molecule has 0 spiro atoms. The second-order valence-electron chi connectivity index (χ2n) is 9.18. The van der Waals surface area contributed by atoms with Gasteiger partial charge in [0.1, 0.15) is 29.3 Å². The Hall–Kier alpha value is -4.74. The molecule has 3 heterocycles. The molecule has 1 aliphatic heterocycles. The van der Waals surface area contributed by atoms with Gasteiger partial charge in [0.25, 0.3) is 0 Å². The molecule has 2 aromatic heterocycles. The number of amidine groups is 1. The van der Waals surface area contributed by atoms with Crippen LogP contribution < -0.4 is 10.6 Å². The summed E-state index contributed by atoms with van der Waals surface area (Å²) >= 11 is 0. The number of benzene rings is 4. The van der Waals surface area contributed by atoms with Crippen molar-refractivity contribution < 1.29 is 4.42 Å². The fourth-order valence-corrected chi connectivity index (χ4v) is 5.04. The first kappa shape index (κ1) is 21.5. The molecular formula is C32H24N4O. The van der Waals surface area contributed by atoms with Gasteiger partial charge in [0.2, 0.25) is 0 Å². The van der Waals surface area contributed by atoms with E-state index in [9.17, 15) is 0 Å². The van der Waals surface area contributed by atoms with Crippen LogP contribution in [0.25, 0.3) is 33.1 Å². The number of aliphatic imine (C=N–C) groups is 1. The van der Waals surface area contributed by atoms with Gasteiger partial charge in [-0.3, -0.25) is 10.3 Å². The molecule has 0 amide bonds. The van der Waals surface area contributed by atoms with Crippen LogP contribution in [0.4, 0.5) is 0 Å². The van der Waals surface area contributed by atoms with E-state index in [0.717, 1.165) is 44.5 Å². The monoisotopic (exact) mass is 480 g/mol. The second kappa shape index (κ2) is 9.04. The molecular weight excluding hydrogens is 456 g/mol. The van der Waals surface area contributed by atoms with Gasteiger partial charge in [0, 0.05) is 28.7 Å². The zero-order valence-electron chi connectivity index (χ0n) is 20.0. The number of rotatable bonds is 4. The standard InChI is InChI=1S/C32H24N4O/c1-3-8-21(9-4-1)22-14-16-24(17-15-22)31-34-30(23-10-5-2-6-11-23)35-32(36-31)25-12-7-13-28-29(25)26-20-33-19-18-27(26)37-28/h1-20,30-31,34H,(H,35,36). The maximum atomic E-state index is 6.12. The van der Waals surface area contributed by atoms with Gasteiger partial charge in [0.15, 0.2) is 0 Å². The van der Waals surface area contributed by atoms with E-state index < -0.39 is 0 Å². The molecule has 1 aliphatic rings. The molecule has 0 aliphatic carbocycles. The molecule has 178 valence electrons. The Morgan fingerprint density at radius 2 is 1.41 bits per heavy atom. The molecule has 0 fully saturated rings. The number of furan rings is 1. The lowest BCUT2D eigenvalue weighted by molar-refractivity contribution is 0.409. The summed E-state index contributed by atoms with van der Waals surface area (Å²) in [7, 11) is 0. The van der Waals surface area contributed by atoms with Crippen LogP contribution in [0, 0.1) is 0 Å². The molecule has 5 nitrogen and oxygen atoms in total. The third-order valence-corrected chi connectivity index (χ3v) is 6.88. The molecule has 0 saturated carbocycles. The van der Waals surface area contributed by atoms with Crippen LogP contribution in [-0.4, -0.2) is 10.8 Å². The van der Waals surface area contributed by atoms with Crippen molar-refractivity contribution in [2.45, 2.75) is 12.3 Å². The van der Waals surface area contributed by atoms with Gasteiger partial charge in [-0.2, -0.15) is 0 Å². The number of pyridine rings is 1. The molecule has 0 saturated heterocycles. The number of aromatic nitrogens is 1. The van der Waals surface area contributed by atoms with E-state index in [4.69, 9.17) is 9.41 Å². The molecule has 2 atom stereocenters. The van der Waals surface area contributed by atoms with E-state index in [0.29, 0.717) is 0 Å². The zero-order chi connectivity index (χ0) is 24.6. The third kappa shape index (κ3) is 3.96. The lowest BCUT2D eigenvalue weighted by atomic mass is 10.0. The Morgan fingerprint density at radius 1 is 0.649 bits per heavy atom. The SMILES string of the molecule is c1ccc(-c2ccc(C3NC(c4cccc5oc6ccncc6c45)=NC(c4ccccc4)N3)cc2)cc1. The minimum Gasteiger partial charge on any atom is -0.456 e. The molecule has 7 rings (SSSR count). The van der Waals surface area contributed by atoms with Crippen molar-refractivity contribution in [1.29, 1.82) is 0 Å². The summed E-state index contributed by atoms with van der Waals surface area (Å²) in [5.41, 5.74) is 7.28. The summed E-state index contributed by atoms with van der Waals surface area (Å²) in [5.74, 6) is 0.821. The predicted molar refractivity (Wildman–Crippen MR) is 148 cm³/mol. The zero-order valence-corrected chi connectivity index (χ0v) is 20.0. The van der Waals surface area contributed by atoms with Crippen molar-refractivity contribution in [2.75, 3.05) is 0 Å². The van der Waals surface area contributed by atoms with E-state index in [2.05, 4.69) is 82.3 Å². The number of hydrogen-bond donors (Lipinski definition) is 2. The van der Waals surface area contributed by atoms with Crippen LogP contribution in [0.1, 0.15) is 29.0 Å². The quantitative estimate of drug-likeness (QED) is 0.286. The first-order chi connectivity index (χ1) is 18.3. The van der Waals surface area contributed by atoms with Gasteiger partial charge >= 0.3 is 0 Å². The highest BCUT2D eigenvalue weighted by atomic mass is 16.3. The molecule has 0 bridgehead atoms. The highest BCUT2D eigenvalue weighted by Crippen LogP contribution is 2.33. The summed E-state index contributed by atoms with van der Waals surface area (Å²) in [6, 6.07) is 37.5. The molecule has 0 radical (unpaired) electrons. The van der Waals surface area contributed by atoms with E-state index in [1.54, 1.807) is 6.20 Å². The van der Waals surface area contributed by atoms with Crippen LogP contribution >= 0.6 is 0 Å². The predicted octanol–water partition coefficient (Wildman–Crippen LogP) is 6.99. The lowest BCUT2D eigenvalue weighted by Crippen LogP contribution is -2.45. The highest BCUT2D eigenvalue weighted by molar-refractivity contribution is 6.17. The van der Waals surface area contributed by atoms with E-state index in [-0.39, 0.29) is 12.3 Å². The van der Waals surface area contributed by atoms with Crippen molar-refractivity contribution in [3.63, 3.8) is 0 Å². The fraction of sp³-hybridized carbons (Fsp3) is 0.0625. The summed E-state index contributed by atoms with van der Waals surface area (Å²) in [5, 5.41) is 9.36. The van der Waals surface area contributed by atoms with Crippen LogP contribution in [-0.2, 0) is 0 Å². The van der Waals surface area contributed by atoms with Crippen LogP contribution in [0.5, 0.6) is 0 Å². The number of fused-ring (bicyclic) bond motifs is 3. The highest BCUT2D eigenvalue weighted by Gasteiger charge is 2.27. The molecule has 4 aromatic carbocycles. The third-order valence-electron chi connectivity index (χ3n) is 6.88. The van der Waals surface area contributed by atoms with E-state index in [1.165, 1.54) is 11.1 Å². The number of hydrogen-bond acceptors (Lipinski definition) is 5. The molecule has 5 heteroatoms. The van der Waals surface area contributed by atoms with Crippen molar-refractivity contribution in [1.82, 2.24) is 15.6 Å². The Kier molecular flexibility index (Phi) is 5.26. The minimum absolute atomic E-state index is 0.130. The van der Waals surface area contributed by atoms with Gasteiger partial charge < -0.3 is 9.73 Å². The van der Waals surface area contributed by atoms with Crippen LogP contribution in [0.2, 0.25) is 0 Å². The van der Waals surface area contributed by atoms with Crippen LogP contribution in [0.15, 0.2) is 131 Å². The average Bonchev–Trinajstić information content (AvgIpc) is 3.37. The Labute approximate surface area is 214 Å². The smallest absolute Gasteiger partial charge is 0.138 e.